The normalized spacial score (nSPS) is 10.2. The molecule has 0 spiro atoms. The van der Waals surface area contributed by atoms with Crippen molar-refractivity contribution < 1.29 is 14.3 Å². The van der Waals surface area contributed by atoms with Gasteiger partial charge in [0.2, 0.25) is 0 Å². The third-order valence-electron chi connectivity index (χ3n) is 2.55. The first-order valence-electron chi connectivity index (χ1n) is 5.57. The highest BCUT2D eigenvalue weighted by molar-refractivity contribution is 9.10. The van der Waals surface area contributed by atoms with E-state index in [1.807, 2.05) is 0 Å². The van der Waals surface area contributed by atoms with Crippen molar-refractivity contribution >= 4 is 21.8 Å². The molecule has 2 aromatic rings. The van der Waals surface area contributed by atoms with Crippen molar-refractivity contribution in [2.24, 2.45) is 0 Å². The number of aromatic hydroxyl groups is 1. The molecule has 0 aliphatic rings. The summed E-state index contributed by atoms with van der Waals surface area (Å²) >= 11 is 3.20. The summed E-state index contributed by atoms with van der Waals surface area (Å²) in [6, 6.07) is 10.6. The minimum absolute atomic E-state index is 0.105. The zero-order valence-electron chi connectivity index (χ0n) is 9.86. The smallest absolute Gasteiger partial charge is 0.255 e. The van der Waals surface area contributed by atoms with E-state index in [9.17, 15) is 14.3 Å². The summed E-state index contributed by atoms with van der Waals surface area (Å²) < 4.78 is 13.7. The van der Waals surface area contributed by atoms with Gasteiger partial charge in [-0.15, -0.1) is 0 Å². The van der Waals surface area contributed by atoms with E-state index in [1.54, 1.807) is 18.2 Å². The van der Waals surface area contributed by atoms with Crippen LogP contribution < -0.4 is 5.32 Å². The van der Waals surface area contributed by atoms with Gasteiger partial charge in [0.1, 0.15) is 11.6 Å². The van der Waals surface area contributed by atoms with E-state index in [2.05, 4.69) is 21.2 Å². The van der Waals surface area contributed by atoms with E-state index in [0.29, 0.717) is 10.0 Å². The van der Waals surface area contributed by atoms with Gasteiger partial charge >= 0.3 is 0 Å². The van der Waals surface area contributed by atoms with Crippen molar-refractivity contribution in [3.05, 3.63) is 63.9 Å². The molecule has 0 aliphatic heterocycles. The maximum atomic E-state index is 13.0. The molecular formula is C14H11BrFNO2. The van der Waals surface area contributed by atoms with Crippen molar-refractivity contribution in [3.8, 4) is 5.75 Å². The lowest BCUT2D eigenvalue weighted by Gasteiger charge is -2.07. The number of carbonyl (C=O) groups excluding carboxylic acids is 1. The fourth-order valence-corrected chi connectivity index (χ4v) is 1.97. The molecule has 0 saturated carbocycles. The van der Waals surface area contributed by atoms with Gasteiger partial charge in [-0.3, -0.25) is 4.79 Å². The van der Waals surface area contributed by atoms with Gasteiger partial charge in [-0.1, -0.05) is 28.1 Å². The summed E-state index contributed by atoms with van der Waals surface area (Å²) in [6.45, 7) is 0.200. The van der Waals surface area contributed by atoms with Crippen molar-refractivity contribution in [3.63, 3.8) is 0 Å². The molecule has 19 heavy (non-hydrogen) atoms. The van der Waals surface area contributed by atoms with Crippen LogP contribution in [0.15, 0.2) is 46.9 Å². The second-order valence-corrected chi connectivity index (χ2v) is 4.89. The van der Waals surface area contributed by atoms with Crippen LogP contribution in [-0.2, 0) is 6.54 Å². The third-order valence-corrected chi connectivity index (χ3v) is 3.04. The van der Waals surface area contributed by atoms with Crippen molar-refractivity contribution in [2.75, 3.05) is 0 Å². The third kappa shape index (κ3) is 3.54. The van der Waals surface area contributed by atoms with Crippen molar-refractivity contribution in [2.45, 2.75) is 6.54 Å². The van der Waals surface area contributed by atoms with Crippen LogP contribution in [0.5, 0.6) is 5.75 Å². The lowest BCUT2D eigenvalue weighted by molar-refractivity contribution is 0.0948. The minimum Gasteiger partial charge on any atom is -0.507 e. The maximum Gasteiger partial charge on any atom is 0.255 e. The van der Waals surface area contributed by atoms with E-state index in [-0.39, 0.29) is 23.7 Å². The first kappa shape index (κ1) is 13.5. The lowest BCUT2D eigenvalue weighted by Crippen LogP contribution is -2.22. The van der Waals surface area contributed by atoms with Crippen LogP contribution in [0.2, 0.25) is 0 Å². The first-order valence-corrected chi connectivity index (χ1v) is 6.37. The van der Waals surface area contributed by atoms with Crippen molar-refractivity contribution in [1.82, 2.24) is 5.32 Å². The predicted octanol–water partition coefficient (Wildman–Crippen LogP) is 3.22. The Labute approximate surface area is 118 Å². The topological polar surface area (TPSA) is 49.3 Å². The molecule has 98 valence electrons. The second kappa shape index (κ2) is 5.84. The average molecular weight is 324 g/mol. The molecule has 0 aliphatic carbocycles. The fourth-order valence-electron chi connectivity index (χ4n) is 1.62. The molecule has 0 saturated heterocycles. The monoisotopic (exact) mass is 323 g/mol. The number of rotatable bonds is 3. The van der Waals surface area contributed by atoms with Gasteiger partial charge in [0.25, 0.3) is 5.91 Å². The van der Waals surface area contributed by atoms with E-state index in [0.717, 1.165) is 0 Å². The first-order chi connectivity index (χ1) is 9.06. The standard InChI is InChI=1S/C14H11BrFNO2/c15-10-4-5-12(13(18)7-10)14(19)17-8-9-2-1-3-11(16)6-9/h1-7,18H,8H2,(H,17,19). The fraction of sp³-hybridized carbons (Fsp3) is 0.0714. The van der Waals surface area contributed by atoms with Gasteiger partial charge in [-0.25, -0.2) is 4.39 Å². The van der Waals surface area contributed by atoms with E-state index in [1.165, 1.54) is 24.3 Å². The van der Waals surface area contributed by atoms with Gasteiger partial charge in [-0.05, 0) is 35.9 Å². The van der Waals surface area contributed by atoms with Crippen LogP contribution in [-0.4, -0.2) is 11.0 Å². The maximum absolute atomic E-state index is 13.0. The Balaban J connectivity index is 2.05. The summed E-state index contributed by atoms with van der Waals surface area (Å²) in [6.07, 6.45) is 0. The molecule has 0 fully saturated rings. The van der Waals surface area contributed by atoms with Gasteiger partial charge < -0.3 is 10.4 Å². The molecule has 0 atom stereocenters. The summed E-state index contributed by atoms with van der Waals surface area (Å²) in [7, 11) is 0. The molecule has 0 radical (unpaired) electrons. The predicted molar refractivity (Wildman–Crippen MR) is 73.4 cm³/mol. The number of hydrogen-bond acceptors (Lipinski definition) is 2. The zero-order chi connectivity index (χ0) is 13.8. The molecule has 3 nitrogen and oxygen atoms in total. The highest BCUT2D eigenvalue weighted by Crippen LogP contribution is 2.22. The van der Waals surface area contributed by atoms with Crippen LogP contribution >= 0.6 is 15.9 Å². The average Bonchev–Trinajstić information content (AvgIpc) is 2.36. The zero-order valence-corrected chi connectivity index (χ0v) is 11.4. The number of benzene rings is 2. The molecule has 5 heteroatoms. The van der Waals surface area contributed by atoms with Gasteiger partial charge in [0.15, 0.2) is 0 Å². The molecule has 2 N–H and O–H groups in total. The SMILES string of the molecule is O=C(NCc1cccc(F)c1)c1ccc(Br)cc1O. The highest BCUT2D eigenvalue weighted by atomic mass is 79.9. The molecule has 0 bridgehead atoms. The highest BCUT2D eigenvalue weighted by Gasteiger charge is 2.10. The Morgan fingerprint density at radius 1 is 1.26 bits per heavy atom. The van der Waals surface area contributed by atoms with Crippen molar-refractivity contribution in [1.29, 1.82) is 0 Å². The van der Waals surface area contributed by atoms with Crippen LogP contribution in [0, 0.1) is 5.82 Å². The summed E-state index contributed by atoms with van der Waals surface area (Å²) in [5.74, 6) is -0.862. The van der Waals surface area contributed by atoms with E-state index < -0.39 is 5.91 Å². The number of nitrogens with one attached hydrogen (secondary N) is 1. The second-order valence-electron chi connectivity index (χ2n) is 3.97. The van der Waals surface area contributed by atoms with E-state index in [4.69, 9.17) is 0 Å². The Morgan fingerprint density at radius 3 is 2.74 bits per heavy atom. The minimum atomic E-state index is -0.408. The number of phenols is 1. The van der Waals surface area contributed by atoms with Crippen LogP contribution in [0.4, 0.5) is 4.39 Å². The summed E-state index contributed by atoms with van der Waals surface area (Å²) in [5, 5.41) is 12.3. The molecule has 2 aromatic carbocycles. The van der Waals surface area contributed by atoms with Gasteiger partial charge in [0.05, 0.1) is 5.56 Å². The number of amides is 1. The summed E-state index contributed by atoms with van der Waals surface area (Å²) in [5.41, 5.74) is 0.838. The largest absolute Gasteiger partial charge is 0.507 e. The molecule has 0 aromatic heterocycles. The number of phenolic OH excluding ortho intramolecular Hbond substituents is 1. The van der Waals surface area contributed by atoms with Crippen LogP contribution in [0.3, 0.4) is 0 Å². The van der Waals surface area contributed by atoms with Gasteiger partial charge in [0, 0.05) is 11.0 Å². The van der Waals surface area contributed by atoms with Gasteiger partial charge in [-0.2, -0.15) is 0 Å². The molecule has 1 amide bonds. The Kier molecular flexibility index (Phi) is 4.16. The Hall–Kier alpha value is -1.88. The number of hydrogen-bond donors (Lipinski definition) is 2. The lowest BCUT2D eigenvalue weighted by atomic mass is 10.1. The Bertz CT molecular complexity index is 616. The molecule has 0 heterocycles. The molecule has 0 unspecified atom stereocenters. The Morgan fingerprint density at radius 2 is 2.05 bits per heavy atom. The quantitative estimate of drug-likeness (QED) is 0.911. The van der Waals surface area contributed by atoms with Crippen LogP contribution in [0.25, 0.3) is 0 Å². The summed E-state index contributed by atoms with van der Waals surface area (Å²) in [4.78, 5) is 11.9. The van der Waals surface area contributed by atoms with E-state index >= 15 is 0 Å². The number of halogens is 2. The number of carbonyl (C=O) groups is 1. The van der Waals surface area contributed by atoms with Crippen LogP contribution in [0.1, 0.15) is 15.9 Å². The molecular weight excluding hydrogens is 313 g/mol. The molecule has 2 rings (SSSR count).